The van der Waals surface area contributed by atoms with Crippen molar-refractivity contribution >= 4 is 0 Å². The van der Waals surface area contributed by atoms with Gasteiger partial charge in [0, 0.05) is 12.0 Å². The zero-order valence-corrected chi connectivity index (χ0v) is 10.2. The standard InChI is InChI=1S/C13H22O3/c1-4-5-6-7-13(8-9-14)10-15-12(2,3)16-11-13/h4-6,14H,1,7-11H2,2-3H3/b6-5+. The molecule has 1 saturated heterocycles. The first-order valence-electron chi connectivity index (χ1n) is 5.70. The molecule has 3 heteroatoms. The molecule has 16 heavy (non-hydrogen) atoms. The normalized spacial score (nSPS) is 23.4. The van der Waals surface area contributed by atoms with E-state index in [0.717, 1.165) is 6.42 Å². The fraction of sp³-hybridized carbons (Fsp3) is 0.692. The van der Waals surface area contributed by atoms with Gasteiger partial charge in [-0.3, -0.25) is 0 Å². The van der Waals surface area contributed by atoms with Gasteiger partial charge in [-0.25, -0.2) is 0 Å². The van der Waals surface area contributed by atoms with E-state index >= 15 is 0 Å². The maximum Gasteiger partial charge on any atom is 0.162 e. The van der Waals surface area contributed by atoms with Crippen LogP contribution in [0.2, 0.25) is 0 Å². The second-order valence-electron chi connectivity index (χ2n) is 4.82. The molecule has 3 nitrogen and oxygen atoms in total. The van der Waals surface area contributed by atoms with Crippen molar-refractivity contribution in [1.82, 2.24) is 0 Å². The molecular weight excluding hydrogens is 204 g/mol. The fourth-order valence-corrected chi connectivity index (χ4v) is 1.75. The Morgan fingerprint density at radius 2 is 1.94 bits per heavy atom. The van der Waals surface area contributed by atoms with E-state index in [1.165, 1.54) is 0 Å². The van der Waals surface area contributed by atoms with E-state index in [0.29, 0.717) is 19.6 Å². The van der Waals surface area contributed by atoms with Gasteiger partial charge in [0.05, 0.1) is 13.2 Å². The van der Waals surface area contributed by atoms with Gasteiger partial charge in [0.25, 0.3) is 0 Å². The van der Waals surface area contributed by atoms with Gasteiger partial charge in [-0.1, -0.05) is 24.8 Å². The van der Waals surface area contributed by atoms with Crippen molar-refractivity contribution < 1.29 is 14.6 Å². The van der Waals surface area contributed by atoms with Crippen LogP contribution in [-0.2, 0) is 9.47 Å². The first kappa shape index (κ1) is 13.4. The number of rotatable bonds is 5. The van der Waals surface area contributed by atoms with Crippen molar-refractivity contribution in [3.63, 3.8) is 0 Å². The Hall–Kier alpha value is -0.640. The second kappa shape index (κ2) is 5.62. The van der Waals surface area contributed by atoms with Gasteiger partial charge < -0.3 is 14.6 Å². The number of hydrogen-bond donors (Lipinski definition) is 1. The molecule has 1 aliphatic rings. The predicted molar refractivity (Wildman–Crippen MR) is 64.1 cm³/mol. The highest BCUT2D eigenvalue weighted by Crippen LogP contribution is 2.35. The van der Waals surface area contributed by atoms with Gasteiger partial charge in [0.15, 0.2) is 5.79 Å². The van der Waals surface area contributed by atoms with E-state index in [9.17, 15) is 0 Å². The number of aliphatic hydroxyl groups excluding tert-OH is 1. The number of hydrogen-bond acceptors (Lipinski definition) is 3. The summed E-state index contributed by atoms with van der Waals surface area (Å²) in [5.74, 6) is -0.499. The lowest BCUT2D eigenvalue weighted by Gasteiger charge is -2.43. The predicted octanol–water partition coefficient (Wildman–Crippen LogP) is 2.27. The highest BCUT2D eigenvalue weighted by Gasteiger charge is 2.38. The Kier molecular flexibility index (Phi) is 4.71. The van der Waals surface area contributed by atoms with Gasteiger partial charge in [-0.05, 0) is 26.7 Å². The molecule has 0 spiro atoms. The molecule has 0 aromatic rings. The van der Waals surface area contributed by atoms with Crippen molar-refractivity contribution in [2.45, 2.75) is 32.5 Å². The zero-order chi connectivity index (χ0) is 12.1. The van der Waals surface area contributed by atoms with Crippen LogP contribution in [-0.4, -0.2) is 30.7 Å². The quantitative estimate of drug-likeness (QED) is 0.731. The lowest BCUT2D eigenvalue weighted by Crippen LogP contribution is -2.46. The third kappa shape index (κ3) is 3.74. The molecule has 0 amide bonds. The highest BCUT2D eigenvalue weighted by atomic mass is 16.7. The van der Waals surface area contributed by atoms with Crippen LogP contribution in [0.3, 0.4) is 0 Å². The van der Waals surface area contributed by atoms with Crippen LogP contribution >= 0.6 is 0 Å². The third-order valence-electron chi connectivity index (χ3n) is 2.92. The molecule has 0 aromatic carbocycles. The summed E-state index contributed by atoms with van der Waals surface area (Å²) in [5.41, 5.74) is -0.0935. The maximum absolute atomic E-state index is 9.11. The Balaban J connectivity index is 2.60. The minimum absolute atomic E-state index is 0.0935. The largest absolute Gasteiger partial charge is 0.396 e. The molecule has 0 aromatic heterocycles. The summed E-state index contributed by atoms with van der Waals surface area (Å²) in [4.78, 5) is 0. The van der Waals surface area contributed by atoms with Gasteiger partial charge in [-0.15, -0.1) is 0 Å². The molecule has 0 saturated carbocycles. The molecule has 1 rings (SSSR count). The molecular formula is C13H22O3. The Bertz CT molecular complexity index is 246. The summed E-state index contributed by atoms with van der Waals surface area (Å²) in [5, 5.41) is 9.11. The van der Waals surface area contributed by atoms with Crippen LogP contribution in [0.15, 0.2) is 24.8 Å². The molecule has 1 aliphatic heterocycles. The SMILES string of the molecule is C=C/C=C/CC1(CCO)COC(C)(C)OC1. The van der Waals surface area contributed by atoms with Gasteiger partial charge in [-0.2, -0.15) is 0 Å². The summed E-state index contributed by atoms with van der Waals surface area (Å²) in [6.45, 7) is 8.88. The van der Waals surface area contributed by atoms with Crippen molar-refractivity contribution in [2.75, 3.05) is 19.8 Å². The van der Waals surface area contributed by atoms with Crippen LogP contribution < -0.4 is 0 Å². The average Bonchev–Trinajstić information content (AvgIpc) is 2.24. The van der Waals surface area contributed by atoms with E-state index in [1.807, 2.05) is 26.0 Å². The molecule has 1 fully saturated rings. The van der Waals surface area contributed by atoms with E-state index in [4.69, 9.17) is 14.6 Å². The molecule has 1 N–H and O–H groups in total. The van der Waals surface area contributed by atoms with Crippen LogP contribution in [0.25, 0.3) is 0 Å². The van der Waals surface area contributed by atoms with Gasteiger partial charge in [0.2, 0.25) is 0 Å². The molecule has 1 heterocycles. The summed E-state index contributed by atoms with van der Waals surface area (Å²) in [6.07, 6.45) is 7.26. The first-order chi connectivity index (χ1) is 7.54. The summed E-state index contributed by atoms with van der Waals surface area (Å²) in [6, 6.07) is 0. The van der Waals surface area contributed by atoms with E-state index in [1.54, 1.807) is 6.08 Å². The summed E-state index contributed by atoms with van der Waals surface area (Å²) < 4.78 is 11.3. The van der Waals surface area contributed by atoms with Crippen molar-refractivity contribution in [2.24, 2.45) is 5.41 Å². The minimum atomic E-state index is -0.499. The van der Waals surface area contributed by atoms with Crippen LogP contribution in [0, 0.1) is 5.41 Å². The van der Waals surface area contributed by atoms with Crippen LogP contribution in [0.4, 0.5) is 0 Å². The number of allylic oxidation sites excluding steroid dienone is 3. The molecule has 92 valence electrons. The molecule has 0 atom stereocenters. The lowest BCUT2D eigenvalue weighted by molar-refractivity contribution is -0.286. The van der Waals surface area contributed by atoms with Crippen LogP contribution in [0.5, 0.6) is 0 Å². The zero-order valence-electron chi connectivity index (χ0n) is 10.2. The Labute approximate surface area is 97.8 Å². The van der Waals surface area contributed by atoms with Crippen LogP contribution in [0.1, 0.15) is 26.7 Å². The topological polar surface area (TPSA) is 38.7 Å². The van der Waals surface area contributed by atoms with Gasteiger partial charge in [0.1, 0.15) is 0 Å². The monoisotopic (exact) mass is 226 g/mol. The smallest absolute Gasteiger partial charge is 0.162 e. The second-order valence-corrected chi connectivity index (χ2v) is 4.82. The van der Waals surface area contributed by atoms with Crippen molar-refractivity contribution in [3.8, 4) is 0 Å². The number of ether oxygens (including phenoxy) is 2. The summed E-state index contributed by atoms with van der Waals surface area (Å²) >= 11 is 0. The minimum Gasteiger partial charge on any atom is -0.396 e. The van der Waals surface area contributed by atoms with E-state index in [2.05, 4.69) is 6.58 Å². The highest BCUT2D eigenvalue weighted by molar-refractivity contribution is 5.01. The Morgan fingerprint density at radius 1 is 1.31 bits per heavy atom. The maximum atomic E-state index is 9.11. The van der Waals surface area contributed by atoms with Crippen molar-refractivity contribution in [1.29, 1.82) is 0 Å². The molecule has 0 radical (unpaired) electrons. The van der Waals surface area contributed by atoms with E-state index < -0.39 is 5.79 Å². The lowest BCUT2D eigenvalue weighted by atomic mass is 9.82. The Morgan fingerprint density at radius 3 is 2.44 bits per heavy atom. The average molecular weight is 226 g/mol. The first-order valence-corrected chi connectivity index (χ1v) is 5.70. The van der Waals surface area contributed by atoms with E-state index in [-0.39, 0.29) is 12.0 Å². The number of aliphatic hydroxyl groups is 1. The molecule has 0 aliphatic carbocycles. The molecule has 0 unspecified atom stereocenters. The summed E-state index contributed by atoms with van der Waals surface area (Å²) in [7, 11) is 0. The van der Waals surface area contributed by atoms with Crippen molar-refractivity contribution in [3.05, 3.63) is 24.8 Å². The molecule has 0 bridgehead atoms. The fourth-order valence-electron chi connectivity index (χ4n) is 1.75. The van der Waals surface area contributed by atoms with Gasteiger partial charge >= 0.3 is 0 Å². The third-order valence-corrected chi connectivity index (χ3v) is 2.92.